The Hall–Kier alpha value is -3.87. The standard InChI is InChI=1S/C27H29N3O4/c1-18(26(32)28-2)30(17-19-12-14-21(34-3)15-13-19)24(31)11-6-16-29-23-10-5-8-20-7-4-9-22(25(20)23)27(29)33/h4-5,7-10,12-15,18H,6,11,16-17H2,1-3H3,(H,28,32). The Bertz CT molecular complexity index is 1220. The van der Waals surface area contributed by atoms with Crippen LogP contribution in [0, 0.1) is 0 Å². The molecule has 176 valence electrons. The number of rotatable bonds is 9. The fourth-order valence-corrected chi connectivity index (χ4v) is 4.45. The van der Waals surface area contributed by atoms with Crippen molar-refractivity contribution in [3.05, 3.63) is 71.8 Å². The number of benzene rings is 3. The Balaban J connectivity index is 1.45. The lowest BCUT2D eigenvalue weighted by atomic mass is 10.1. The van der Waals surface area contributed by atoms with Crippen molar-refractivity contribution in [2.75, 3.05) is 25.6 Å². The maximum atomic E-state index is 13.2. The number of hydrogen-bond acceptors (Lipinski definition) is 4. The molecule has 3 aromatic carbocycles. The molecule has 0 aliphatic carbocycles. The van der Waals surface area contributed by atoms with Gasteiger partial charge in [0.25, 0.3) is 5.91 Å². The van der Waals surface area contributed by atoms with Crippen LogP contribution in [0.5, 0.6) is 5.75 Å². The van der Waals surface area contributed by atoms with Crippen molar-refractivity contribution in [2.24, 2.45) is 0 Å². The molecule has 0 spiro atoms. The van der Waals surface area contributed by atoms with Gasteiger partial charge in [-0.1, -0.05) is 36.4 Å². The number of nitrogens with zero attached hydrogens (tertiary/aromatic N) is 2. The first kappa shape index (κ1) is 23.3. The van der Waals surface area contributed by atoms with E-state index < -0.39 is 6.04 Å². The summed E-state index contributed by atoms with van der Waals surface area (Å²) in [5, 5.41) is 4.63. The summed E-state index contributed by atoms with van der Waals surface area (Å²) in [6.45, 7) is 2.47. The minimum absolute atomic E-state index is 0.0342. The molecule has 0 bridgehead atoms. The summed E-state index contributed by atoms with van der Waals surface area (Å²) in [5.41, 5.74) is 2.50. The van der Waals surface area contributed by atoms with Crippen molar-refractivity contribution in [1.82, 2.24) is 10.2 Å². The summed E-state index contributed by atoms with van der Waals surface area (Å²) in [6, 6.07) is 18.4. The average Bonchev–Trinajstić information content (AvgIpc) is 3.14. The van der Waals surface area contributed by atoms with Crippen molar-refractivity contribution >= 4 is 34.2 Å². The predicted octanol–water partition coefficient (Wildman–Crippen LogP) is 3.75. The maximum absolute atomic E-state index is 13.2. The van der Waals surface area contributed by atoms with Gasteiger partial charge in [-0.3, -0.25) is 14.4 Å². The smallest absolute Gasteiger partial charge is 0.258 e. The monoisotopic (exact) mass is 459 g/mol. The van der Waals surface area contributed by atoms with Crippen LogP contribution in [0.2, 0.25) is 0 Å². The quantitative estimate of drug-likeness (QED) is 0.529. The topological polar surface area (TPSA) is 79.0 Å². The average molecular weight is 460 g/mol. The van der Waals surface area contributed by atoms with Gasteiger partial charge in [0.15, 0.2) is 0 Å². The Morgan fingerprint density at radius 3 is 2.44 bits per heavy atom. The SMILES string of the molecule is CNC(=O)C(C)N(Cc1ccc(OC)cc1)C(=O)CCCN1C(=O)c2cccc3cccc1c23. The van der Waals surface area contributed by atoms with Crippen LogP contribution in [0.25, 0.3) is 10.8 Å². The summed E-state index contributed by atoms with van der Waals surface area (Å²) in [6.07, 6.45) is 0.724. The van der Waals surface area contributed by atoms with Crippen LogP contribution in [0.1, 0.15) is 35.7 Å². The molecule has 0 aromatic heterocycles. The van der Waals surface area contributed by atoms with E-state index in [-0.39, 0.29) is 24.1 Å². The first-order valence-electron chi connectivity index (χ1n) is 11.4. The molecule has 4 rings (SSSR count). The highest BCUT2D eigenvalue weighted by Crippen LogP contribution is 2.37. The highest BCUT2D eigenvalue weighted by atomic mass is 16.5. The van der Waals surface area contributed by atoms with E-state index in [1.807, 2.05) is 60.7 Å². The summed E-state index contributed by atoms with van der Waals surface area (Å²) >= 11 is 0. The molecule has 1 heterocycles. The largest absolute Gasteiger partial charge is 0.497 e. The number of nitrogens with one attached hydrogen (secondary N) is 1. The summed E-state index contributed by atoms with van der Waals surface area (Å²) in [4.78, 5) is 41.9. The molecule has 0 saturated carbocycles. The number of amides is 3. The Morgan fingerprint density at radius 2 is 1.76 bits per heavy atom. The van der Waals surface area contributed by atoms with Crippen LogP contribution in [0.15, 0.2) is 60.7 Å². The second-order valence-corrected chi connectivity index (χ2v) is 8.40. The molecular weight excluding hydrogens is 430 g/mol. The zero-order valence-corrected chi connectivity index (χ0v) is 19.7. The first-order valence-corrected chi connectivity index (χ1v) is 11.4. The number of carbonyl (C=O) groups excluding carboxylic acids is 3. The van der Waals surface area contributed by atoms with Crippen molar-refractivity contribution < 1.29 is 19.1 Å². The lowest BCUT2D eigenvalue weighted by molar-refractivity contribution is -0.140. The van der Waals surface area contributed by atoms with Gasteiger partial charge in [0.1, 0.15) is 11.8 Å². The second kappa shape index (κ2) is 9.95. The van der Waals surface area contributed by atoms with Gasteiger partial charge in [-0.25, -0.2) is 0 Å². The zero-order chi connectivity index (χ0) is 24.2. The van der Waals surface area contributed by atoms with Gasteiger partial charge < -0.3 is 19.9 Å². The summed E-state index contributed by atoms with van der Waals surface area (Å²) < 4.78 is 5.20. The van der Waals surface area contributed by atoms with Crippen molar-refractivity contribution in [3.8, 4) is 5.75 Å². The predicted molar refractivity (Wildman–Crippen MR) is 132 cm³/mol. The molecule has 34 heavy (non-hydrogen) atoms. The van der Waals surface area contributed by atoms with Gasteiger partial charge in [0, 0.05) is 37.5 Å². The molecule has 1 unspecified atom stereocenters. The molecule has 1 atom stereocenters. The van der Waals surface area contributed by atoms with E-state index in [2.05, 4.69) is 5.32 Å². The third kappa shape index (κ3) is 4.46. The Kier molecular flexibility index (Phi) is 6.82. The van der Waals surface area contributed by atoms with Gasteiger partial charge in [0.05, 0.1) is 12.8 Å². The van der Waals surface area contributed by atoms with E-state index >= 15 is 0 Å². The molecule has 3 amide bonds. The van der Waals surface area contributed by atoms with E-state index in [1.165, 1.54) is 0 Å². The van der Waals surface area contributed by atoms with Gasteiger partial charge >= 0.3 is 0 Å². The van der Waals surface area contributed by atoms with Crippen LogP contribution in [-0.2, 0) is 16.1 Å². The number of likely N-dealkylation sites (N-methyl/N-ethyl adjacent to an activating group) is 1. The van der Waals surface area contributed by atoms with E-state index in [1.54, 1.807) is 30.9 Å². The minimum atomic E-state index is -0.619. The molecule has 7 heteroatoms. The zero-order valence-electron chi connectivity index (χ0n) is 19.7. The third-order valence-electron chi connectivity index (χ3n) is 6.35. The number of carbonyl (C=O) groups is 3. The fourth-order valence-electron chi connectivity index (χ4n) is 4.45. The van der Waals surface area contributed by atoms with Gasteiger partial charge in [-0.05, 0) is 48.6 Å². The van der Waals surface area contributed by atoms with Crippen LogP contribution < -0.4 is 15.0 Å². The Morgan fingerprint density at radius 1 is 1.06 bits per heavy atom. The van der Waals surface area contributed by atoms with Crippen LogP contribution in [0.4, 0.5) is 5.69 Å². The molecule has 3 aromatic rings. The van der Waals surface area contributed by atoms with E-state index in [4.69, 9.17) is 4.74 Å². The summed E-state index contributed by atoms with van der Waals surface area (Å²) in [7, 11) is 3.16. The highest BCUT2D eigenvalue weighted by Gasteiger charge is 2.30. The molecule has 0 fully saturated rings. The van der Waals surface area contributed by atoms with E-state index in [0.717, 1.165) is 27.8 Å². The minimum Gasteiger partial charge on any atom is -0.497 e. The number of ether oxygens (including phenoxy) is 1. The van der Waals surface area contributed by atoms with Crippen molar-refractivity contribution in [2.45, 2.75) is 32.4 Å². The number of anilines is 1. The molecule has 0 radical (unpaired) electrons. The van der Waals surface area contributed by atoms with Crippen LogP contribution in [0.3, 0.4) is 0 Å². The molecule has 0 saturated heterocycles. The molecule has 1 N–H and O–H groups in total. The number of hydrogen-bond donors (Lipinski definition) is 1. The maximum Gasteiger partial charge on any atom is 0.258 e. The van der Waals surface area contributed by atoms with Crippen LogP contribution >= 0.6 is 0 Å². The molecule has 7 nitrogen and oxygen atoms in total. The molecule has 1 aliphatic heterocycles. The van der Waals surface area contributed by atoms with E-state index in [9.17, 15) is 14.4 Å². The highest BCUT2D eigenvalue weighted by molar-refractivity contribution is 6.25. The fraction of sp³-hybridized carbons (Fsp3) is 0.296. The number of methoxy groups -OCH3 is 1. The molecular formula is C27H29N3O4. The van der Waals surface area contributed by atoms with Crippen LogP contribution in [-0.4, -0.2) is 49.4 Å². The van der Waals surface area contributed by atoms with Gasteiger partial charge in [0.2, 0.25) is 11.8 Å². The van der Waals surface area contributed by atoms with Crippen molar-refractivity contribution in [3.63, 3.8) is 0 Å². The molecule has 1 aliphatic rings. The summed E-state index contributed by atoms with van der Waals surface area (Å²) in [5.74, 6) is 0.341. The van der Waals surface area contributed by atoms with Gasteiger partial charge in [-0.15, -0.1) is 0 Å². The lowest BCUT2D eigenvalue weighted by Crippen LogP contribution is -2.46. The van der Waals surface area contributed by atoms with Gasteiger partial charge in [-0.2, -0.15) is 0 Å². The second-order valence-electron chi connectivity index (χ2n) is 8.40. The lowest BCUT2D eigenvalue weighted by Gasteiger charge is -2.29. The normalized spacial score (nSPS) is 13.1. The van der Waals surface area contributed by atoms with Crippen molar-refractivity contribution in [1.29, 1.82) is 0 Å². The third-order valence-corrected chi connectivity index (χ3v) is 6.35. The Labute approximate surface area is 199 Å². The first-order chi connectivity index (χ1) is 16.4. The van der Waals surface area contributed by atoms with E-state index in [0.29, 0.717) is 25.1 Å².